The Labute approximate surface area is 219 Å². The van der Waals surface area contributed by atoms with Crippen molar-refractivity contribution in [2.24, 2.45) is 0 Å². The molecule has 0 fully saturated rings. The highest BCUT2D eigenvalue weighted by molar-refractivity contribution is 5.85. The van der Waals surface area contributed by atoms with E-state index in [0.29, 0.717) is 12.8 Å². The van der Waals surface area contributed by atoms with Gasteiger partial charge in [0, 0.05) is 60.1 Å². The minimum atomic E-state index is -0.469. The molecule has 10 nitrogen and oxygen atoms in total. The number of fused-ring (bicyclic) bond motifs is 2. The predicted octanol–water partition coefficient (Wildman–Crippen LogP) is 2.53. The number of ether oxygens (including phenoxy) is 2. The van der Waals surface area contributed by atoms with Gasteiger partial charge in [-0.1, -0.05) is 36.4 Å². The van der Waals surface area contributed by atoms with Crippen LogP contribution in [0.25, 0.3) is 21.8 Å². The van der Waals surface area contributed by atoms with E-state index in [4.69, 9.17) is 9.47 Å². The van der Waals surface area contributed by atoms with Crippen molar-refractivity contribution in [3.63, 3.8) is 0 Å². The van der Waals surface area contributed by atoms with Crippen LogP contribution < -0.4 is 10.6 Å². The molecule has 38 heavy (non-hydrogen) atoms. The molecule has 4 aromatic rings. The van der Waals surface area contributed by atoms with Crippen molar-refractivity contribution >= 4 is 45.6 Å². The molecular formula is C28H30N4O6. The molecule has 0 bridgehead atoms. The Hall–Kier alpha value is -4.60. The number of nitrogens with one attached hydrogen (secondary N) is 4. The van der Waals surface area contributed by atoms with Crippen LogP contribution in [0.3, 0.4) is 0 Å². The molecule has 0 spiro atoms. The topological polar surface area (TPSA) is 142 Å². The molecule has 0 aliphatic rings. The zero-order valence-electron chi connectivity index (χ0n) is 20.9. The molecule has 0 saturated heterocycles. The standard InChI is InChI=1S/C28H30N4O6/c33-25(17-37-27(35)11-9-19-15-31-23-7-3-1-5-21(19)23)29-13-14-30-26(34)18-38-28(36)12-10-20-16-32-24-8-4-2-6-22(20)24/h1-8,15-16,31-32H,9-14,17-18H2,(H,29,33)(H,30,34). The van der Waals surface area contributed by atoms with Crippen LogP contribution in [0, 0.1) is 0 Å². The third-order valence-electron chi connectivity index (χ3n) is 6.04. The highest BCUT2D eigenvalue weighted by atomic mass is 16.5. The SMILES string of the molecule is O=C(COC(=O)CCc1c[nH]c2ccccc12)NCCNC(=O)COC(=O)CCc1c[nH]c2ccccc12. The molecule has 0 saturated carbocycles. The second-order valence-corrected chi connectivity index (χ2v) is 8.74. The average Bonchev–Trinajstić information content (AvgIpc) is 3.55. The number of carbonyl (C=O) groups excluding carboxylic acids is 4. The third kappa shape index (κ3) is 7.45. The van der Waals surface area contributed by atoms with Gasteiger partial charge in [0.15, 0.2) is 13.2 Å². The minimum absolute atomic E-state index is 0.145. The second-order valence-electron chi connectivity index (χ2n) is 8.74. The highest BCUT2D eigenvalue weighted by Crippen LogP contribution is 2.20. The fourth-order valence-electron chi connectivity index (χ4n) is 4.09. The number of para-hydroxylation sites is 2. The van der Waals surface area contributed by atoms with Gasteiger partial charge in [-0.05, 0) is 36.1 Å². The number of hydrogen-bond acceptors (Lipinski definition) is 6. The van der Waals surface area contributed by atoms with Gasteiger partial charge in [0.25, 0.3) is 11.8 Å². The van der Waals surface area contributed by atoms with Crippen LogP contribution in [0.1, 0.15) is 24.0 Å². The average molecular weight is 519 g/mol. The molecule has 4 N–H and O–H groups in total. The van der Waals surface area contributed by atoms with Crippen molar-refractivity contribution in [3.8, 4) is 0 Å². The molecule has 10 heteroatoms. The lowest BCUT2D eigenvalue weighted by molar-refractivity contribution is -0.149. The van der Waals surface area contributed by atoms with Crippen molar-refractivity contribution < 1.29 is 28.7 Å². The molecule has 0 radical (unpaired) electrons. The van der Waals surface area contributed by atoms with Gasteiger partial charge in [0.1, 0.15) is 0 Å². The van der Waals surface area contributed by atoms with E-state index in [2.05, 4.69) is 20.6 Å². The first kappa shape index (κ1) is 26.5. The van der Waals surface area contributed by atoms with Gasteiger partial charge >= 0.3 is 11.9 Å². The monoisotopic (exact) mass is 518 g/mol. The Morgan fingerprint density at radius 2 is 1.05 bits per heavy atom. The molecule has 2 amide bonds. The number of hydrogen-bond donors (Lipinski definition) is 4. The van der Waals surface area contributed by atoms with E-state index >= 15 is 0 Å². The number of benzene rings is 2. The van der Waals surface area contributed by atoms with Gasteiger partial charge in [0.2, 0.25) is 0 Å². The molecule has 0 aliphatic heterocycles. The van der Waals surface area contributed by atoms with E-state index in [0.717, 1.165) is 32.9 Å². The number of H-pyrrole nitrogens is 2. The molecular weight excluding hydrogens is 488 g/mol. The summed E-state index contributed by atoms with van der Waals surface area (Å²) in [6.07, 6.45) is 5.06. The van der Waals surface area contributed by atoms with Crippen LogP contribution >= 0.6 is 0 Å². The summed E-state index contributed by atoms with van der Waals surface area (Å²) in [6, 6.07) is 15.6. The molecule has 0 aliphatic carbocycles. The quantitative estimate of drug-likeness (QED) is 0.158. The predicted molar refractivity (Wildman–Crippen MR) is 141 cm³/mol. The largest absolute Gasteiger partial charge is 0.456 e. The number of amides is 2. The smallest absolute Gasteiger partial charge is 0.306 e. The van der Waals surface area contributed by atoms with E-state index in [-0.39, 0.29) is 25.9 Å². The van der Waals surface area contributed by atoms with Crippen LogP contribution in [0.4, 0.5) is 0 Å². The van der Waals surface area contributed by atoms with Crippen LogP contribution in [0.15, 0.2) is 60.9 Å². The maximum absolute atomic E-state index is 12.0. The Balaban J connectivity index is 1.03. The summed E-state index contributed by atoms with van der Waals surface area (Å²) < 4.78 is 10.0. The van der Waals surface area contributed by atoms with Gasteiger partial charge < -0.3 is 30.1 Å². The highest BCUT2D eigenvalue weighted by Gasteiger charge is 2.12. The third-order valence-corrected chi connectivity index (χ3v) is 6.04. The number of rotatable bonds is 13. The van der Waals surface area contributed by atoms with Gasteiger partial charge in [-0.2, -0.15) is 0 Å². The molecule has 0 atom stereocenters. The summed E-state index contributed by atoms with van der Waals surface area (Å²) in [7, 11) is 0. The zero-order chi connectivity index (χ0) is 26.7. The van der Waals surface area contributed by atoms with Crippen molar-refractivity contribution in [2.45, 2.75) is 25.7 Å². The van der Waals surface area contributed by atoms with Crippen LogP contribution in [0.2, 0.25) is 0 Å². The van der Waals surface area contributed by atoms with Gasteiger partial charge in [-0.3, -0.25) is 19.2 Å². The lowest BCUT2D eigenvalue weighted by Gasteiger charge is -2.08. The number of aromatic nitrogens is 2. The van der Waals surface area contributed by atoms with Crippen LogP contribution in [-0.4, -0.2) is 60.0 Å². The lowest BCUT2D eigenvalue weighted by Crippen LogP contribution is -2.38. The van der Waals surface area contributed by atoms with Crippen LogP contribution in [-0.2, 0) is 41.5 Å². The van der Waals surface area contributed by atoms with E-state index in [1.54, 1.807) is 0 Å². The van der Waals surface area contributed by atoms with Crippen LogP contribution in [0.5, 0.6) is 0 Å². The summed E-state index contributed by atoms with van der Waals surface area (Å²) in [5.74, 6) is -1.87. The maximum atomic E-state index is 12.0. The van der Waals surface area contributed by atoms with E-state index in [9.17, 15) is 19.2 Å². The summed E-state index contributed by atoms with van der Waals surface area (Å²) in [5.41, 5.74) is 4.03. The van der Waals surface area contributed by atoms with Crippen molar-refractivity contribution in [3.05, 3.63) is 72.1 Å². The minimum Gasteiger partial charge on any atom is -0.456 e. The fourth-order valence-corrected chi connectivity index (χ4v) is 4.09. The number of aromatic amines is 2. The first-order valence-electron chi connectivity index (χ1n) is 12.4. The first-order valence-corrected chi connectivity index (χ1v) is 12.4. The van der Waals surface area contributed by atoms with E-state index < -0.39 is 37.0 Å². The number of carbonyl (C=O) groups is 4. The number of aryl methyl sites for hydroxylation is 2. The summed E-state index contributed by atoms with van der Waals surface area (Å²) in [4.78, 5) is 54.1. The van der Waals surface area contributed by atoms with Gasteiger partial charge in [0.05, 0.1) is 0 Å². The van der Waals surface area contributed by atoms with Gasteiger partial charge in [-0.15, -0.1) is 0 Å². The lowest BCUT2D eigenvalue weighted by atomic mass is 10.1. The molecule has 2 aromatic heterocycles. The van der Waals surface area contributed by atoms with Gasteiger partial charge in [-0.25, -0.2) is 0 Å². The normalized spacial score (nSPS) is 10.8. The summed E-state index contributed by atoms with van der Waals surface area (Å²) in [6.45, 7) is -0.499. The first-order chi connectivity index (χ1) is 18.5. The van der Waals surface area contributed by atoms with Crippen molar-refractivity contribution in [1.82, 2.24) is 20.6 Å². The summed E-state index contributed by atoms with van der Waals surface area (Å²) in [5, 5.41) is 7.22. The van der Waals surface area contributed by atoms with Crippen molar-refractivity contribution in [2.75, 3.05) is 26.3 Å². The Morgan fingerprint density at radius 3 is 1.50 bits per heavy atom. The maximum Gasteiger partial charge on any atom is 0.306 e. The summed E-state index contributed by atoms with van der Waals surface area (Å²) >= 11 is 0. The molecule has 2 aromatic carbocycles. The molecule has 4 rings (SSSR count). The van der Waals surface area contributed by atoms with Crippen molar-refractivity contribution in [1.29, 1.82) is 0 Å². The molecule has 2 heterocycles. The second kappa shape index (κ2) is 13.1. The van der Waals surface area contributed by atoms with E-state index in [1.807, 2.05) is 60.9 Å². The Bertz CT molecular complexity index is 1320. The number of esters is 2. The zero-order valence-corrected chi connectivity index (χ0v) is 20.9. The Kier molecular flexibility index (Phi) is 9.12. The molecule has 0 unspecified atom stereocenters. The Morgan fingerprint density at radius 1 is 0.632 bits per heavy atom. The molecule has 198 valence electrons. The van der Waals surface area contributed by atoms with E-state index in [1.165, 1.54) is 0 Å². The fraction of sp³-hybridized carbons (Fsp3) is 0.286.